The van der Waals surface area contributed by atoms with Gasteiger partial charge >= 0.3 is 0 Å². The monoisotopic (exact) mass is 246 g/mol. The molecule has 2 fully saturated rings. The second-order valence-electron chi connectivity index (χ2n) is 4.98. The van der Waals surface area contributed by atoms with Crippen LogP contribution in [0.5, 0.6) is 0 Å². The Labute approximate surface area is 104 Å². The zero-order valence-electron chi connectivity index (χ0n) is 10.1. The minimum atomic E-state index is 0. The molecular formula is C12H23ClN2O. The van der Waals surface area contributed by atoms with Crippen molar-refractivity contribution in [2.75, 3.05) is 26.7 Å². The molecule has 16 heavy (non-hydrogen) atoms. The largest absolute Gasteiger partial charge is 0.342 e. The lowest BCUT2D eigenvalue weighted by Crippen LogP contribution is -2.34. The average Bonchev–Trinajstić information content (AvgIpc) is 2.87. The summed E-state index contributed by atoms with van der Waals surface area (Å²) in [6.45, 7) is 3.02. The van der Waals surface area contributed by atoms with E-state index in [1.54, 1.807) is 0 Å². The summed E-state index contributed by atoms with van der Waals surface area (Å²) in [6, 6.07) is 0. The standard InChI is InChI=1S/C12H22N2O.ClH/c1-13-8-10-6-7-14(9-10)12(15)11-4-2-3-5-11;/h10-11,13H,2-9H2,1H3;1H. The molecule has 1 atom stereocenters. The van der Waals surface area contributed by atoms with Crippen LogP contribution in [0, 0.1) is 11.8 Å². The van der Waals surface area contributed by atoms with Gasteiger partial charge in [0.25, 0.3) is 0 Å². The minimum Gasteiger partial charge on any atom is -0.342 e. The van der Waals surface area contributed by atoms with Gasteiger partial charge in [-0.1, -0.05) is 12.8 Å². The first-order valence-corrected chi connectivity index (χ1v) is 6.24. The van der Waals surface area contributed by atoms with E-state index in [9.17, 15) is 4.79 Å². The van der Waals surface area contributed by atoms with Gasteiger partial charge < -0.3 is 10.2 Å². The second kappa shape index (κ2) is 6.45. The number of nitrogens with zero attached hydrogens (tertiary/aromatic N) is 1. The molecule has 1 saturated carbocycles. The highest BCUT2D eigenvalue weighted by atomic mass is 35.5. The quantitative estimate of drug-likeness (QED) is 0.822. The summed E-state index contributed by atoms with van der Waals surface area (Å²) in [5.41, 5.74) is 0. The van der Waals surface area contributed by atoms with E-state index in [2.05, 4.69) is 10.2 Å². The molecule has 1 amide bonds. The first-order chi connectivity index (χ1) is 7.31. The Bertz CT molecular complexity index is 229. The highest BCUT2D eigenvalue weighted by Gasteiger charge is 2.31. The van der Waals surface area contributed by atoms with Crippen LogP contribution in [0.25, 0.3) is 0 Å². The average molecular weight is 247 g/mol. The van der Waals surface area contributed by atoms with Gasteiger partial charge in [0.2, 0.25) is 5.91 Å². The molecule has 2 aliphatic rings. The van der Waals surface area contributed by atoms with Crippen LogP contribution in [0.15, 0.2) is 0 Å². The highest BCUT2D eigenvalue weighted by Crippen LogP contribution is 2.28. The molecule has 94 valence electrons. The number of carbonyl (C=O) groups excluding carboxylic acids is 1. The summed E-state index contributed by atoms with van der Waals surface area (Å²) >= 11 is 0. The van der Waals surface area contributed by atoms with Gasteiger partial charge in [-0.05, 0) is 38.8 Å². The van der Waals surface area contributed by atoms with Crippen LogP contribution in [0.1, 0.15) is 32.1 Å². The van der Waals surface area contributed by atoms with Crippen molar-refractivity contribution in [3.63, 3.8) is 0 Å². The number of hydrogen-bond donors (Lipinski definition) is 1. The molecule has 0 bridgehead atoms. The Morgan fingerprint density at radius 3 is 2.62 bits per heavy atom. The molecule has 1 heterocycles. The van der Waals surface area contributed by atoms with E-state index in [1.165, 1.54) is 19.3 Å². The van der Waals surface area contributed by atoms with Crippen LogP contribution in [0.4, 0.5) is 0 Å². The van der Waals surface area contributed by atoms with Crippen molar-refractivity contribution in [1.29, 1.82) is 0 Å². The first-order valence-electron chi connectivity index (χ1n) is 6.24. The summed E-state index contributed by atoms with van der Waals surface area (Å²) in [4.78, 5) is 14.2. The van der Waals surface area contributed by atoms with E-state index in [-0.39, 0.29) is 12.4 Å². The third-order valence-corrected chi connectivity index (χ3v) is 3.79. The molecule has 0 aromatic rings. The fourth-order valence-electron chi connectivity index (χ4n) is 2.92. The summed E-state index contributed by atoms with van der Waals surface area (Å²) in [5, 5.41) is 3.20. The summed E-state index contributed by atoms with van der Waals surface area (Å²) in [6.07, 6.45) is 5.95. The predicted molar refractivity (Wildman–Crippen MR) is 67.8 cm³/mol. The van der Waals surface area contributed by atoms with Gasteiger partial charge in [0.05, 0.1) is 0 Å². The predicted octanol–water partition coefficient (Wildman–Crippen LogP) is 1.67. The van der Waals surface area contributed by atoms with Crippen molar-refractivity contribution in [2.45, 2.75) is 32.1 Å². The van der Waals surface area contributed by atoms with Gasteiger partial charge in [0.1, 0.15) is 0 Å². The highest BCUT2D eigenvalue weighted by molar-refractivity contribution is 5.85. The minimum absolute atomic E-state index is 0. The van der Waals surface area contributed by atoms with Crippen LogP contribution in [-0.4, -0.2) is 37.5 Å². The molecule has 2 rings (SSSR count). The SMILES string of the molecule is CNCC1CCN(C(=O)C2CCCC2)C1.Cl. The lowest BCUT2D eigenvalue weighted by atomic mass is 10.1. The molecule has 0 aromatic carbocycles. The maximum atomic E-state index is 12.1. The Morgan fingerprint density at radius 2 is 2.00 bits per heavy atom. The van der Waals surface area contributed by atoms with E-state index in [1.807, 2.05) is 7.05 Å². The number of halogens is 1. The fraction of sp³-hybridized carbons (Fsp3) is 0.917. The van der Waals surface area contributed by atoms with E-state index in [4.69, 9.17) is 0 Å². The Hall–Kier alpha value is -0.280. The number of rotatable bonds is 3. The third kappa shape index (κ3) is 3.11. The number of carbonyl (C=O) groups is 1. The molecule has 0 spiro atoms. The van der Waals surface area contributed by atoms with Crippen LogP contribution in [0.2, 0.25) is 0 Å². The molecule has 3 nitrogen and oxygen atoms in total. The Kier molecular flexibility index (Phi) is 5.56. The topological polar surface area (TPSA) is 32.3 Å². The smallest absolute Gasteiger partial charge is 0.225 e. The molecule has 1 aliphatic heterocycles. The summed E-state index contributed by atoms with van der Waals surface area (Å²) in [7, 11) is 1.99. The van der Waals surface area contributed by atoms with Crippen LogP contribution >= 0.6 is 12.4 Å². The molecule has 1 aliphatic carbocycles. The molecule has 0 aromatic heterocycles. The summed E-state index contributed by atoms with van der Waals surface area (Å²) < 4.78 is 0. The van der Waals surface area contributed by atoms with Crippen molar-refractivity contribution in [3.05, 3.63) is 0 Å². The normalized spacial score (nSPS) is 25.8. The first kappa shape index (κ1) is 13.8. The van der Waals surface area contributed by atoms with Crippen molar-refractivity contribution in [2.24, 2.45) is 11.8 Å². The zero-order valence-corrected chi connectivity index (χ0v) is 10.9. The molecule has 0 radical (unpaired) electrons. The second-order valence-corrected chi connectivity index (χ2v) is 4.98. The van der Waals surface area contributed by atoms with Crippen molar-refractivity contribution in [1.82, 2.24) is 10.2 Å². The van der Waals surface area contributed by atoms with Gasteiger partial charge in [0, 0.05) is 19.0 Å². The number of hydrogen-bond acceptors (Lipinski definition) is 2. The molecule has 1 N–H and O–H groups in total. The Morgan fingerprint density at radius 1 is 1.31 bits per heavy atom. The van der Waals surface area contributed by atoms with Crippen LogP contribution < -0.4 is 5.32 Å². The number of likely N-dealkylation sites (tertiary alicyclic amines) is 1. The van der Waals surface area contributed by atoms with E-state index in [0.717, 1.165) is 32.5 Å². The summed E-state index contributed by atoms with van der Waals surface area (Å²) in [5.74, 6) is 1.48. The molecule has 1 unspecified atom stereocenters. The molecular weight excluding hydrogens is 224 g/mol. The lowest BCUT2D eigenvalue weighted by Gasteiger charge is -2.20. The zero-order chi connectivity index (χ0) is 10.7. The third-order valence-electron chi connectivity index (χ3n) is 3.79. The van der Waals surface area contributed by atoms with E-state index in [0.29, 0.717) is 17.7 Å². The van der Waals surface area contributed by atoms with Crippen LogP contribution in [0.3, 0.4) is 0 Å². The fourth-order valence-corrected chi connectivity index (χ4v) is 2.92. The molecule has 4 heteroatoms. The maximum Gasteiger partial charge on any atom is 0.225 e. The van der Waals surface area contributed by atoms with Gasteiger partial charge in [-0.2, -0.15) is 0 Å². The lowest BCUT2D eigenvalue weighted by molar-refractivity contribution is -0.134. The van der Waals surface area contributed by atoms with Crippen molar-refractivity contribution in [3.8, 4) is 0 Å². The van der Waals surface area contributed by atoms with E-state index >= 15 is 0 Å². The molecule has 1 saturated heterocycles. The van der Waals surface area contributed by atoms with Gasteiger partial charge in [0.15, 0.2) is 0 Å². The van der Waals surface area contributed by atoms with Crippen molar-refractivity contribution >= 4 is 18.3 Å². The van der Waals surface area contributed by atoms with Gasteiger partial charge in [-0.15, -0.1) is 12.4 Å². The van der Waals surface area contributed by atoms with Gasteiger partial charge in [-0.3, -0.25) is 4.79 Å². The number of amides is 1. The van der Waals surface area contributed by atoms with Gasteiger partial charge in [-0.25, -0.2) is 0 Å². The van der Waals surface area contributed by atoms with Crippen LogP contribution in [-0.2, 0) is 4.79 Å². The number of nitrogens with one attached hydrogen (secondary N) is 1. The maximum absolute atomic E-state index is 12.1. The Balaban J connectivity index is 0.00000128. The van der Waals surface area contributed by atoms with Crippen molar-refractivity contribution < 1.29 is 4.79 Å². The van der Waals surface area contributed by atoms with E-state index < -0.39 is 0 Å².